The molecule has 1 unspecified atom stereocenters. The molecule has 1 atom stereocenters. The molecule has 1 heterocycles. The lowest BCUT2D eigenvalue weighted by Crippen LogP contribution is -2.24. The van der Waals surface area contributed by atoms with Crippen LogP contribution in [0.5, 0.6) is 0 Å². The highest BCUT2D eigenvalue weighted by molar-refractivity contribution is 8.00. The average molecular weight is 366 g/mol. The van der Waals surface area contributed by atoms with Crippen LogP contribution in [-0.4, -0.2) is 20.6 Å². The maximum absolute atomic E-state index is 12.8. The highest BCUT2D eigenvalue weighted by Gasteiger charge is 2.20. The van der Waals surface area contributed by atoms with Gasteiger partial charge in [0, 0.05) is 12.1 Å². The summed E-state index contributed by atoms with van der Waals surface area (Å²) in [5.74, 6) is 0.0442. The Hall–Kier alpha value is -2.40. The van der Waals surface area contributed by atoms with Crippen molar-refractivity contribution in [1.29, 1.82) is 0 Å². The van der Waals surface area contributed by atoms with Crippen LogP contribution >= 0.6 is 11.8 Å². The maximum Gasteiger partial charge on any atom is 0.262 e. The Morgan fingerprint density at radius 1 is 1.12 bits per heavy atom. The molecule has 0 saturated heterocycles. The number of carbonyl (C=O) groups excluding carboxylic acids is 1. The lowest BCUT2D eigenvalue weighted by atomic mass is 10.1. The zero-order valence-corrected chi connectivity index (χ0v) is 16.0. The number of hydrogen-bond acceptors (Lipinski definition) is 4. The van der Waals surface area contributed by atoms with Gasteiger partial charge in [-0.2, -0.15) is 0 Å². The number of carbonyl (C=O) groups is 1. The third kappa shape index (κ3) is 3.58. The van der Waals surface area contributed by atoms with Crippen LogP contribution in [0.2, 0.25) is 0 Å². The molecule has 0 spiro atoms. The molecule has 0 saturated carbocycles. The molecule has 1 aromatic heterocycles. The van der Waals surface area contributed by atoms with Crippen LogP contribution in [0.25, 0.3) is 10.9 Å². The van der Waals surface area contributed by atoms with E-state index in [0.717, 1.165) is 6.42 Å². The fourth-order valence-electron chi connectivity index (χ4n) is 2.87. The summed E-state index contributed by atoms with van der Waals surface area (Å²) >= 11 is 1.34. The summed E-state index contributed by atoms with van der Waals surface area (Å²) in [6.07, 6.45) is 0.947. The van der Waals surface area contributed by atoms with Crippen molar-refractivity contribution in [2.45, 2.75) is 44.1 Å². The number of aryl methyl sites for hydroxylation is 1. The lowest BCUT2D eigenvalue weighted by molar-refractivity contribution is 0.0994. The summed E-state index contributed by atoms with van der Waals surface area (Å²) in [6, 6.07) is 15.0. The Bertz CT molecular complexity index is 993. The average Bonchev–Trinajstić information content (AvgIpc) is 2.68. The zero-order valence-electron chi connectivity index (χ0n) is 15.2. The summed E-state index contributed by atoms with van der Waals surface area (Å²) in [5.41, 5.74) is 2.50. The summed E-state index contributed by atoms with van der Waals surface area (Å²) in [7, 11) is 0. The second kappa shape index (κ2) is 7.87. The van der Waals surface area contributed by atoms with Crippen molar-refractivity contribution in [2.24, 2.45) is 0 Å². The Kier molecular flexibility index (Phi) is 5.57. The van der Waals surface area contributed by atoms with E-state index in [1.165, 1.54) is 17.3 Å². The summed E-state index contributed by atoms with van der Waals surface area (Å²) in [5, 5.41) is 0.864. The molecule has 4 nitrogen and oxygen atoms in total. The number of hydrogen-bond donors (Lipinski definition) is 0. The minimum Gasteiger partial charge on any atom is -0.293 e. The van der Waals surface area contributed by atoms with Crippen LogP contribution in [0.1, 0.15) is 36.7 Å². The molecule has 3 rings (SSSR count). The van der Waals surface area contributed by atoms with E-state index in [0.29, 0.717) is 28.2 Å². The van der Waals surface area contributed by atoms with Crippen LogP contribution in [-0.2, 0) is 13.0 Å². The van der Waals surface area contributed by atoms with Gasteiger partial charge in [0.25, 0.3) is 5.56 Å². The van der Waals surface area contributed by atoms with Crippen LogP contribution in [0.4, 0.5) is 0 Å². The molecule has 0 amide bonds. The van der Waals surface area contributed by atoms with Crippen LogP contribution in [0.15, 0.2) is 58.5 Å². The second-order valence-electron chi connectivity index (χ2n) is 6.14. The predicted molar refractivity (Wildman–Crippen MR) is 107 cm³/mol. The molecule has 5 heteroatoms. The second-order valence-corrected chi connectivity index (χ2v) is 7.44. The smallest absolute Gasteiger partial charge is 0.262 e. The van der Waals surface area contributed by atoms with Crippen LogP contribution in [0.3, 0.4) is 0 Å². The van der Waals surface area contributed by atoms with E-state index in [4.69, 9.17) is 0 Å². The van der Waals surface area contributed by atoms with Crippen molar-refractivity contribution < 1.29 is 4.79 Å². The highest BCUT2D eigenvalue weighted by Crippen LogP contribution is 2.25. The molecular weight excluding hydrogens is 344 g/mol. The number of nitrogens with zero attached hydrogens (tertiary/aromatic N) is 2. The van der Waals surface area contributed by atoms with E-state index < -0.39 is 0 Å². The Morgan fingerprint density at radius 3 is 2.46 bits per heavy atom. The SMILES string of the molecule is CCc1ccc(C(=O)C(C)Sc2nc3ccccc3c(=O)n2CC)cc1. The fourth-order valence-corrected chi connectivity index (χ4v) is 3.92. The van der Waals surface area contributed by atoms with Crippen LogP contribution < -0.4 is 5.56 Å². The normalized spacial score (nSPS) is 12.3. The van der Waals surface area contributed by atoms with Gasteiger partial charge in [0.2, 0.25) is 0 Å². The number of Topliss-reactive ketones (excluding diaryl/α,β-unsaturated/α-hetero) is 1. The highest BCUT2D eigenvalue weighted by atomic mass is 32.2. The molecule has 0 bridgehead atoms. The predicted octanol–water partition coefficient (Wildman–Crippen LogP) is 4.34. The Labute approximate surface area is 157 Å². The van der Waals surface area contributed by atoms with Gasteiger partial charge < -0.3 is 0 Å². The van der Waals surface area contributed by atoms with Crippen molar-refractivity contribution in [1.82, 2.24) is 9.55 Å². The quantitative estimate of drug-likeness (QED) is 0.370. The van der Waals surface area contributed by atoms with E-state index >= 15 is 0 Å². The van der Waals surface area contributed by atoms with Crippen molar-refractivity contribution in [3.63, 3.8) is 0 Å². The van der Waals surface area contributed by atoms with Gasteiger partial charge in [0.15, 0.2) is 10.9 Å². The van der Waals surface area contributed by atoms with Gasteiger partial charge in [-0.15, -0.1) is 0 Å². The first kappa shape index (κ1) is 18.4. The number of ketones is 1. The Balaban J connectivity index is 1.91. The third-order valence-corrected chi connectivity index (χ3v) is 5.53. The molecule has 134 valence electrons. The summed E-state index contributed by atoms with van der Waals surface area (Å²) in [6.45, 7) is 6.38. The number of aromatic nitrogens is 2. The van der Waals surface area contributed by atoms with Gasteiger partial charge in [-0.1, -0.05) is 55.1 Å². The molecule has 3 aromatic rings. The third-order valence-electron chi connectivity index (χ3n) is 4.44. The summed E-state index contributed by atoms with van der Waals surface area (Å²) < 4.78 is 1.64. The van der Waals surface area contributed by atoms with Gasteiger partial charge in [0.1, 0.15) is 0 Å². The van der Waals surface area contributed by atoms with Crippen molar-refractivity contribution >= 4 is 28.4 Å². The molecule has 2 aromatic carbocycles. The first-order valence-electron chi connectivity index (χ1n) is 8.84. The van der Waals surface area contributed by atoms with E-state index in [2.05, 4.69) is 11.9 Å². The van der Waals surface area contributed by atoms with Gasteiger partial charge in [-0.25, -0.2) is 4.98 Å². The zero-order chi connectivity index (χ0) is 18.7. The van der Waals surface area contributed by atoms with E-state index in [-0.39, 0.29) is 16.6 Å². The fraction of sp³-hybridized carbons (Fsp3) is 0.286. The number of rotatable bonds is 6. The van der Waals surface area contributed by atoms with Crippen molar-refractivity contribution in [3.8, 4) is 0 Å². The molecule has 0 fully saturated rings. The monoisotopic (exact) mass is 366 g/mol. The number of fused-ring (bicyclic) bond motifs is 1. The topological polar surface area (TPSA) is 52.0 Å². The van der Waals surface area contributed by atoms with E-state index in [1.807, 2.05) is 56.3 Å². The molecule has 0 aliphatic carbocycles. The molecule has 0 aliphatic rings. The largest absolute Gasteiger partial charge is 0.293 e. The standard InChI is InChI=1S/C21H22N2O2S/c1-4-15-10-12-16(13-11-15)19(24)14(3)26-21-22-18-9-7-6-8-17(18)20(25)23(21)5-2/h6-14H,4-5H2,1-3H3. The first-order chi connectivity index (χ1) is 12.5. The van der Waals surface area contributed by atoms with E-state index in [9.17, 15) is 9.59 Å². The van der Waals surface area contributed by atoms with Gasteiger partial charge in [-0.3, -0.25) is 14.2 Å². The molecule has 0 radical (unpaired) electrons. The lowest BCUT2D eigenvalue weighted by Gasteiger charge is -2.15. The van der Waals surface area contributed by atoms with Gasteiger partial charge >= 0.3 is 0 Å². The summed E-state index contributed by atoms with van der Waals surface area (Å²) in [4.78, 5) is 30.1. The van der Waals surface area contributed by atoms with Crippen molar-refractivity contribution in [3.05, 3.63) is 70.0 Å². The maximum atomic E-state index is 12.8. The van der Waals surface area contributed by atoms with Crippen molar-refractivity contribution in [2.75, 3.05) is 0 Å². The molecule has 0 aliphatic heterocycles. The molecular formula is C21H22N2O2S. The first-order valence-corrected chi connectivity index (χ1v) is 9.72. The minimum absolute atomic E-state index is 0.0442. The van der Waals surface area contributed by atoms with Gasteiger partial charge in [-0.05, 0) is 38.0 Å². The van der Waals surface area contributed by atoms with Gasteiger partial charge in [0.05, 0.1) is 16.2 Å². The molecule has 0 N–H and O–H groups in total. The molecule has 26 heavy (non-hydrogen) atoms. The Morgan fingerprint density at radius 2 is 1.81 bits per heavy atom. The van der Waals surface area contributed by atoms with E-state index in [1.54, 1.807) is 10.6 Å². The number of benzene rings is 2. The number of para-hydroxylation sites is 1. The minimum atomic E-state index is -0.326. The number of thioether (sulfide) groups is 1. The van der Waals surface area contributed by atoms with Crippen LogP contribution in [0, 0.1) is 0 Å².